The lowest BCUT2D eigenvalue weighted by molar-refractivity contribution is 0.425. The fourth-order valence-electron chi connectivity index (χ4n) is 1.36. The Morgan fingerprint density at radius 3 is 2.37 bits per heavy atom. The molecule has 0 spiro atoms. The average molecular weight is 266 g/mol. The molecule has 0 saturated carbocycles. The maximum absolute atomic E-state index is 4.22. The zero-order valence-corrected chi connectivity index (χ0v) is 12.6. The van der Waals surface area contributed by atoms with Gasteiger partial charge in [-0.3, -0.25) is 0 Å². The largest absolute Gasteiger partial charge is 0.369 e. The standard InChI is InChI=1S/C13H26N6/c1-13(2,14-3)9-16-12-8-11(17-10-18-12)15-6-7-19(4)5/h8,10,14H,6-7,9H2,1-5H3,(H2,15,16,17,18). The van der Waals surface area contributed by atoms with E-state index in [2.05, 4.69) is 58.8 Å². The molecule has 19 heavy (non-hydrogen) atoms. The lowest BCUT2D eigenvalue weighted by Gasteiger charge is -2.24. The normalized spacial score (nSPS) is 11.7. The predicted molar refractivity (Wildman–Crippen MR) is 80.7 cm³/mol. The third-order valence-electron chi connectivity index (χ3n) is 2.92. The monoisotopic (exact) mass is 266 g/mol. The van der Waals surface area contributed by atoms with Crippen LogP contribution in [-0.2, 0) is 0 Å². The number of hydrogen-bond donors (Lipinski definition) is 3. The quantitative estimate of drug-likeness (QED) is 0.648. The fourth-order valence-corrected chi connectivity index (χ4v) is 1.36. The lowest BCUT2D eigenvalue weighted by Crippen LogP contribution is -2.42. The third-order valence-corrected chi connectivity index (χ3v) is 2.92. The molecule has 0 atom stereocenters. The molecule has 0 aliphatic rings. The third kappa shape index (κ3) is 6.35. The Balaban J connectivity index is 2.48. The Morgan fingerprint density at radius 1 is 1.16 bits per heavy atom. The fraction of sp³-hybridized carbons (Fsp3) is 0.692. The second-order valence-electron chi connectivity index (χ2n) is 5.51. The van der Waals surface area contributed by atoms with Crippen LogP contribution >= 0.6 is 0 Å². The summed E-state index contributed by atoms with van der Waals surface area (Å²) in [6, 6.07) is 1.93. The summed E-state index contributed by atoms with van der Waals surface area (Å²) in [5, 5.41) is 9.84. The molecule has 0 fully saturated rings. The van der Waals surface area contributed by atoms with Crippen LogP contribution in [0.4, 0.5) is 11.6 Å². The van der Waals surface area contributed by atoms with Crippen LogP contribution in [-0.4, -0.2) is 61.2 Å². The highest BCUT2D eigenvalue weighted by Gasteiger charge is 2.14. The molecule has 6 heteroatoms. The van der Waals surface area contributed by atoms with Gasteiger partial charge in [0.15, 0.2) is 0 Å². The van der Waals surface area contributed by atoms with Gasteiger partial charge in [-0.25, -0.2) is 9.97 Å². The number of aromatic nitrogens is 2. The van der Waals surface area contributed by atoms with E-state index in [9.17, 15) is 0 Å². The average Bonchev–Trinajstić information content (AvgIpc) is 2.37. The minimum absolute atomic E-state index is 0.0312. The second kappa shape index (κ2) is 7.25. The summed E-state index contributed by atoms with van der Waals surface area (Å²) >= 11 is 0. The maximum Gasteiger partial charge on any atom is 0.131 e. The molecule has 108 valence electrons. The first-order valence-electron chi connectivity index (χ1n) is 6.56. The molecule has 1 aromatic heterocycles. The summed E-state index contributed by atoms with van der Waals surface area (Å²) in [5.74, 6) is 1.69. The number of nitrogens with zero attached hydrogens (tertiary/aromatic N) is 3. The van der Waals surface area contributed by atoms with Gasteiger partial charge in [-0.05, 0) is 35.0 Å². The maximum atomic E-state index is 4.22. The SMILES string of the molecule is CNC(C)(C)CNc1cc(NCCN(C)C)ncn1. The number of nitrogens with one attached hydrogen (secondary N) is 3. The minimum atomic E-state index is 0.0312. The summed E-state index contributed by atoms with van der Waals surface area (Å²) in [6.45, 7) is 6.91. The first kappa shape index (κ1) is 15.7. The molecule has 0 unspecified atom stereocenters. The van der Waals surface area contributed by atoms with Crippen molar-refractivity contribution in [3.05, 3.63) is 12.4 Å². The number of anilines is 2. The molecular weight excluding hydrogens is 240 g/mol. The molecule has 1 heterocycles. The Labute approximate surface area is 116 Å². The number of rotatable bonds is 8. The Kier molecular flexibility index (Phi) is 5.98. The van der Waals surface area contributed by atoms with Gasteiger partial charge in [0, 0.05) is 31.2 Å². The molecule has 0 aromatic carbocycles. The first-order valence-corrected chi connectivity index (χ1v) is 6.56. The van der Waals surface area contributed by atoms with Gasteiger partial charge in [0.25, 0.3) is 0 Å². The Bertz CT molecular complexity index is 377. The van der Waals surface area contributed by atoms with Crippen LogP contribution in [0.2, 0.25) is 0 Å². The van der Waals surface area contributed by atoms with Crippen LogP contribution in [0.5, 0.6) is 0 Å². The molecule has 1 aromatic rings. The Hall–Kier alpha value is -1.40. The van der Waals surface area contributed by atoms with Gasteiger partial charge in [0.2, 0.25) is 0 Å². The summed E-state index contributed by atoms with van der Waals surface area (Å²) in [7, 11) is 6.05. The molecule has 3 N–H and O–H groups in total. The summed E-state index contributed by atoms with van der Waals surface area (Å²) < 4.78 is 0. The molecule has 0 radical (unpaired) electrons. The van der Waals surface area contributed by atoms with E-state index in [1.54, 1.807) is 6.33 Å². The summed E-state index contributed by atoms with van der Waals surface area (Å²) in [4.78, 5) is 10.6. The molecule has 0 amide bonds. The highest BCUT2D eigenvalue weighted by Crippen LogP contribution is 2.10. The molecule has 0 saturated heterocycles. The van der Waals surface area contributed by atoms with Gasteiger partial charge in [-0.1, -0.05) is 0 Å². The van der Waals surface area contributed by atoms with Crippen molar-refractivity contribution in [2.75, 3.05) is 51.4 Å². The molecule has 1 rings (SSSR count). The highest BCUT2D eigenvalue weighted by atomic mass is 15.1. The van der Waals surface area contributed by atoms with Gasteiger partial charge in [0.05, 0.1) is 0 Å². The second-order valence-corrected chi connectivity index (χ2v) is 5.51. The zero-order chi connectivity index (χ0) is 14.3. The number of likely N-dealkylation sites (N-methyl/N-ethyl adjacent to an activating group) is 2. The van der Waals surface area contributed by atoms with Gasteiger partial charge >= 0.3 is 0 Å². The van der Waals surface area contributed by atoms with Crippen LogP contribution in [0.15, 0.2) is 12.4 Å². The van der Waals surface area contributed by atoms with E-state index >= 15 is 0 Å². The van der Waals surface area contributed by atoms with Crippen molar-refractivity contribution >= 4 is 11.6 Å². The van der Waals surface area contributed by atoms with Gasteiger partial charge < -0.3 is 20.9 Å². The Morgan fingerprint density at radius 2 is 1.79 bits per heavy atom. The zero-order valence-electron chi connectivity index (χ0n) is 12.6. The summed E-state index contributed by atoms with van der Waals surface area (Å²) in [6.07, 6.45) is 1.58. The van der Waals surface area contributed by atoms with Crippen molar-refractivity contribution in [3.8, 4) is 0 Å². The van der Waals surface area contributed by atoms with E-state index in [1.807, 2.05) is 13.1 Å². The van der Waals surface area contributed by atoms with Crippen LogP contribution in [0.3, 0.4) is 0 Å². The van der Waals surface area contributed by atoms with E-state index in [-0.39, 0.29) is 5.54 Å². The number of hydrogen-bond acceptors (Lipinski definition) is 6. The van der Waals surface area contributed by atoms with Crippen LogP contribution in [0.1, 0.15) is 13.8 Å². The lowest BCUT2D eigenvalue weighted by atomic mass is 10.1. The van der Waals surface area contributed by atoms with Crippen molar-refractivity contribution in [2.24, 2.45) is 0 Å². The predicted octanol–water partition coefficient (Wildman–Crippen LogP) is 0.860. The summed E-state index contributed by atoms with van der Waals surface area (Å²) in [5.41, 5.74) is 0.0312. The van der Waals surface area contributed by atoms with Crippen LogP contribution < -0.4 is 16.0 Å². The smallest absolute Gasteiger partial charge is 0.131 e. The van der Waals surface area contributed by atoms with Crippen LogP contribution in [0, 0.1) is 0 Å². The van der Waals surface area contributed by atoms with Gasteiger partial charge in [-0.15, -0.1) is 0 Å². The topological polar surface area (TPSA) is 65.1 Å². The molecule has 0 aliphatic heterocycles. The van der Waals surface area contributed by atoms with E-state index < -0.39 is 0 Å². The van der Waals surface area contributed by atoms with Crippen molar-refractivity contribution in [1.82, 2.24) is 20.2 Å². The molecule has 0 bridgehead atoms. The van der Waals surface area contributed by atoms with Crippen molar-refractivity contribution < 1.29 is 0 Å². The molecular formula is C13H26N6. The van der Waals surface area contributed by atoms with Gasteiger partial charge in [-0.2, -0.15) is 0 Å². The minimum Gasteiger partial charge on any atom is -0.369 e. The van der Waals surface area contributed by atoms with Crippen LogP contribution in [0.25, 0.3) is 0 Å². The van der Waals surface area contributed by atoms with Crippen molar-refractivity contribution in [3.63, 3.8) is 0 Å². The van der Waals surface area contributed by atoms with Crippen molar-refractivity contribution in [1.29, 1.82) is 0 Å². The van der Waals surface area contributed by atoms with Gasteiger partial charge in [0.1, 0.15) is 18.0 Å². The molecule has 0 aliphatic carbocycles. The highest BCUT2D eigenvalue weighted by molar-refractivity contribution is 5.46. The van der Waals surface area contributed by atoms with E-state index in [0.717, 1.165) is 31.3 Å². The first-order chi connectivity index (χ1) is 8.93. The van der Waals surface area contributed by atoms with E-state index in [0.29, 0.717) is 0 Å². The van der Waals surface area contributed by atoms with Crippen molar-refractivity contribution in [2.45, 2.75) is 19.4 Å². The molecule has 6 nitrogen and oxygen atoms in total. The van der Waals surface area contributed by atoms with E-state index in [1.165, 1.54) is 0 Å². The van der Waals surface area contributed by atoms with E-state index in [4.69, 9.17) is 0 Å².